The Bertz CT molecular complexity index is 544. The maximum Gasteiger partial charge on any atom is 0.416 e. The van der Waals surface area contributed by atoms with Gasteiger partial charge in [0.25, 0.3) is 0 Å². The Hall–Kier alpha value is -1.98. The van der Waals surface area contributed by atoms with Gasteiger partial charge in [-0.1, -0.05) is 13.8 Å². The SMILES string of the molecule is CC.Cc1cn(-c2cc(N)cc(C(F)(F)F)c2)cn1. The van der Waals surface area contributed by atoms with Gasteiger partial charge in [0.15, 0.2) is 0 Å². The van der Waals surface area contributed by atoms with Gasteiger partial charge in [0.05, 0.1) is 17.6 Å². The summed E-state index contributed by atoms with van der Waals surface area (Å²) in [7, 11) is 0. The van der Waals surface area contributed by atoms with Crippen molar-refractivity contribution in [3.05, 3.63) is 42.0 Å². The van der Waals surface area contributed by atoms with Crippen LogP contribution in [0.4, 0.5) is 18.9 Å². The third-order valence-electron chi connectivity index (χ3n) is 2.28. The molecule has 0 saturated carbocycles. The number of halogens is 3. The Kier molecular flexibility index (Phi) is 4.58. The van der Waals surface area contributed by atoms with E-state index in [1.807, 2.05) is 13.8 Å². The van der Waals surface area contributed by atoms with Gasteiger partial charge in [0.2, 0.25) is 0 Å². The summed E-state index contributed by atoms with van der Waals surface area (Å²) >= 11 is 0. The summed E-state index contributed by atoms with van der Waals surface area (Å²) in [6, 6.07) is 3.42. The quantitative estimate of drug-likeness (QED) is 0.801. The Morgan fingerprint density at radius 1 is 1.16 bits per heavy atom. The highest BCUT2D eigenvalue weighted by Crippen LogP contribution is 2.32. The molecule has 3 nitrogen and oxygen atoms in total. The fourth-order valence-corrected chi connectivity index (χ4v) is 1.51. The zero-order valence-electron chi connectivity index (χ0n) is 11.0. The van der Waals surface area contributed by atoms with E-state index in [-0.39, 0.29) is 5.69 Å². The topological polar surface area (TPSA) is 43.8 Å². The number of nitrogens with zero attached hydrogens (tertiary/aromatic N) is 2. The zero-order valence-corrected chi connectivity index (χ0v) is 11.0. The molecule has 0 spiro atoms. The number of imidazole rings is 1. The molecule has 1 aromatic carbocycles. The molecule has 0 atom stereocenters. The second-order valence-corrected chi connectivity index (χ2v) is 3.73. The third kappa shape index (κ3) is 3.74. The van der Waals surface area contributed by atoms with E-state index in [1.54, 1.807) is 13.1 Å². The van der Waals surface area contributed by atoms with Crippen molar-refractivity contribution in [3.63, 3.8) is 0 Å². The molecule has 0 aliphatic heterocycles. The van der Waals surface area contributed by atoms with Crippen LogP contribution in [-0.2, 0) is 6.18 Å². The lowest BCUT2D eigenvalue weighted by molar-refractivity contribution is -0.137. The van der Waals surface area contributed by atoms with Crippen LogP contribution in [0.3, 0.4) is 0 Å². The number of nitrogens with two attached hydrogens (primary N) is 1. The van der Waals surface area contributed by atoms with E-state index in [2.05, 4.69) is 4.98 Å². The van der Waals surface area contributed by atoms with Crippen molar-refractivity contribution >= 4 is 5.69 Å². The molecule has 6 heteroatoms. The minimum absolute atomic E-state index is 0.0705. The summed E-state index contributed by atoms with van der Waals surface area (Å²) in [5.74, 6) is 0. The Morgan fingerprint density at radius 3 is 2.26 bits per heavy atom. The number of hydrogen-bond acceptors (Lipinski definition) is 2. The van der Waals surface area contributed by atoms with Crippen molar-refractivity contribution in [2.45, 2.75) is 26.9 Å². The molecule has 0 aliphatic rings. The molecule has 0 unspecified atom stereocenters. The van der Waals surface area contributed by atoms with Crippen LogP contribution in [0.5, 0.6) is 0 Å². The lowest BCUT2D eigenvalue weighted by atomic mass is 10.1. The molecule has 1 aromatic heterocycles. The second-order valence-electron chi connectivity index (χ2n) is 3.73. The zero-order chi connectivity index (χ0) is 14.6. The van der Waals surface area contributed by atoms with Crippen molar-refractivity contribution < 1.29 is 13.2 Å². The summed E-state index contributed by atoms with van der Waals surface area (Å²) in [4.78, 5) is 3.96. The van der Waals surface area contributed by atoms with Gasteiger partial charge < -0.3 is 10.3 Å². The smallest absolute Gasteiger partial charge is 0.399 e. The van der Waals surface area contributed by atoms with Crippen molar-refractivity contribution in [3.8, 4) is 5.69 Å². The predicted octanol–water partition coefficient (Wildman–Crippen LogP) is 3.81. The normalized spacial score (nSPS) is 10.8. The lowest BCUT2D eigenvalue weighted by Gasteiger charge is -2.10. The van der Waals surface area contributed by atoms with Gasteiger partial charge in [-0.3, -0.25) is 0 Å². The minimum Gasteiger partial charge on any atom is -0.399 e. The maximum absolute atomic E-state index is 12.6. The first kappa shape index (κ1) is 15.1. The molecule has 2 N–H and O–H groups in total. The van der Waals surface area contributed by atoms with Gasteiger partial charge in [-0.05, 0) is 25.1 Å². The molecular weight excluding hydrogens is 255 g/mol. The number of aryl methyl sites for hydroxylation is 1. The van der Waals surface area contributed by atoms with Gasteiger partial charge in [-0.2, -0.15) is 13.2 Å². The largest absolute Gasteiger partial charge is 0.416 e. The first-order chi connectivity index (χ1) is 8.86. The van der Waals surface area contributed by atoms with Gasteiger partial charge >= 0.3 is 6.18 Å². The van der Waals surface area contributed by atoms with Crippen molar-refractivity contribution in [1.82, 2.24) is 9.55 Å². The molecule has 104 valence electrons. The van der Waals surface area contributed by atoms with Crippen LogP contribution < -0.4 is 5.73 Å². The van der Waals surface area contributed by atoms with Crippen molar-refractivity contribution in [2.75, 3.05) is 5.73 Å². The average Bonchev–Trinajstić information content (AvgIpc) is 2.77. The van der Waals surface area contributed by atoms with Crippen molar-refractivity contribution in [1.29, 1.82) is 0 Å². The number of alkyl halides is 3. The number of rotatable bonds is 1. The molecule has 0 bridgehead atoms. The van der Waals surface area contributed by atoms with E-state index in [0.29, 0.717) is 5.69 Å². The Labute approximate surface area is 109 Å². The molecule has 0 radical (unpaired) electrons. The summed E-state index contributed by atoms with van der Waals surface area (Å²) in [5, 5.41) is 0. The Balaban J connectivity index is 0.000000861. The third-order valence-corrected chi connectivity index (χ3v) is 2.28. The van der Waals surface area contributed by atoms with Crippen LogP contribution in [0, 0.1) is 6.92 Å². The molecule has 19 heavy (non-hydrogen) atoms. The summed E-state index contributed by atoms with van der Waals surface area (Å²) in [5.41, 5.74) is 5.84. The van der Waals surface area contributed by atoms with Gasteiger partial charge in [0.1, 0.15) is 0 Å². The summed E-state index contributed by atoms with van der Waals surface area (Å²) < 4.78 is 39.3. The average molecular weight is 271 g/mol. The first-order valence-corrected chi connectivity index (χ1v) is 5.85. The fraction of sp³-hybridized carbons (Fsp3) is 0.308. The van der Waals surface area contributed by atoms with E-state index in [9.17, 15) is 13.2 Å². The maximum atomic E-state index is 12.6. The van der Waals surface area contributed by atoms with Crippen molar-refractivity contribution in [2.24, 2.45) is 0 Å². The summed E-state index contributed by atoms with van der Waals surface area (Å²) in [6.07, 6.45) is -1.32. The monoisotopic (exact) mass is 271 g/mol. The standard InChI is InChI=1S/C11H10F3N3.C2H6/c1-7-5-17(6-16-7)10-3-8(11(12,13)14)2-9(15)4-10;1-2/h2-6H,15H2,1H3;1-2H3. The number of anilines is 1. The lowest BCUT2D eigenvalue weighted by Crippen LogP contribution is -2.07. The van der Waals surface area contributed by atoms with Gasteiger partial charge in [0, 0.05) is 17.6 Å². The highest BCUT2D eigenvalue weighted by molar-refractivity contribution is 5.51. The van der Waals surface area contributed by atoms with Gasteiger partial charge in [-0.25, -0.2) is 4.98 Å². The molecule has 2 aromatic rings. The van der Waals surface area contributed by atoms with E-state index in [0.717, 1.165) is 17.8 Å². The van der Waals surface area contributed by atoms with Crippen LogP contribution in [0.2, 0.25) is 0 Å². The number of nitrogen functional groups attached to an aromatic ring is 1. The van der Waals surface area contributed by atoms with Gasteiger partial charge in [-0.15, -0.1) is 0 Å². The van der Waals surface area contributed by atoms with E-state index in [4.69, 9.17) is 5.73 Å². The Morgan fingerprint density at radius 2 is 1.79 bits per heavy atom. The molecular formula is C13H16F3N3. The highest BCUT2D eigenvalue weighted by Gasteiger charge is 2.31. The van der Waals surface area contributed by atoms with Crippen LogP contribution in [0.15, 0.2) is 30.7 Å². The second kappa shape index (κ2) is 5.77. The van der Waals surface area contributed by atoms with E-state index >= 15 is 0 Å². The van der Waals surface area contributed by atoms with Crippen LogP contribution in [0.1, 0.15) is 25.1 Å². The summed E-state index contributed by atoms with van der Waals surface area (Å²) in [6.45, 7) is 5.76. The molecule has 0 amide bonds. The van der Waals surface area contributed by atoms with E-state index in [1.165, 1.54) is 17.0 Å². The van der Waals surface area contributed by atoms with Crippen LogP contribution in [-0.4, -0.2) is 9.55 Å². The number of benzene rings is 1. The van der Waals surface area contributed by atoms with Crippen LogP contribution in [0.25, 0.3) is 5.69 Å². The van der Waals surface area contributed by atoms with Crippen LogP contribution >= 0.6 is 0 Å². The predicted molar refractivity (Wildman–Crippen MR) is 69.1 cm³/mol. The molecule has 0 fully saturated rings. The highest BCUT2D eigenvalue weighted by atomic mass is 19.4. The number of hydrogen-bond donors (Lipinski definition) is 1. The first-order valence-electron chi connectivity index (χ1n) is 5.85. The molecule has 0 saturated heterocycles. The molecule has 2 rings (SSSR count). The number of aromatic nitrogens is 2. The fourth-order valence-electron chi connectivity index (χ4n) is 1.51. The minimum atomic E-state index is -4.40. The van der Waals surface area contributed by atoms with E-state index < -0.39 is 11.7 Å². The molecule has 1 heterocycles. The molecule has 0 aliphatic carbocycles.